The van der Waals surface area contributed by atoms with E-state index in [1.54, 1.807) is 0 Å². The Morgan fingerprint density at radius 3 is 2.38 bits per heavy atom. The molecule has 0 aliphatic carbocycles. The zero-order valence-electron chi connectivity index (χ0n) is 9.09. The fraction of sp³-hybridized carbons (Fsp3) is 0.833. The van der Waals surface area contributed by atoms with E-state index < -0.39 is 0 Å². The molecular weight excluding hydrogens is 176 g/mol. The van der Waals surface area contributed by atoms with E-state index in [0.29, 0.717) is 5.92 Å². The Morgan fingerprint density at radius 1 is 1.38 bits per heavy atom. The second-order valence-electron chi connectivity index (χ2n) is 3.96. The van der Waals surface area contributed by atoms with Crippen LogP contribution in [0.2, 0.25) is 0 Å². The third kappa shape index (κ3) is 5.26. The van der Waals surface area contributed by atoms with Gasteiger partial charge in [0.25, 0.3) is 0 Å². The van der Waals surface area contributed by atoms with Crippen molar-refractivity contribution in [2.45, 2.75) is 40.0 Å². The van der Waals surface area contributed by atoms with Crippen molar-refractivity contribution >= 4 is 12.6 Å². The van der Waals surface area contributed by atoms with Gasteiger partial charge in [-0.25, -0.2) is 0 Å². The SMILES string of the molecule is C#CC(C)CC(CCS)C(C)CC. The van der Waals surface area contributed by atoms with Crippen LogP contribution in [0.3, 0.4) is 0 Å². The Labute approximate surface area is 88.9 Å². The highest BCUT2D eigenvalue weighted by Gasteiger charge is 2.16. The van der Waals surface area contributed by atoms with Gasteiger partial charge >= 0.3 is 0 Å². The Balaban J connectivity index is 4.02. The third-order valence-electron chi connectivity index (χ3n) is 2.89. The minimum absolute atomic E-state index is 0.416. The summed E-state index contributed by atoms with van der Waals surface area (Å²) in [5.41, 5.74) is 0. The summed E-state index contributed by atoms with van der Waals surface area (Å²) < 4.78 is 0. The van der Waals surface area contributed by atoms with E-state index in [1.807, 2.05) is 0 Å². The van der Waals surface area contributed by atoms with Crippen molar-refractivity contribution in [3.05, 3.63) is 0 Å². The van der Waals surface area contributed by atoms with Crippen molar-refractivity contribution in [1.29, 1.82) is 0 Å². The van der Waals surface area contributed by atoms with Crippen molar-refractivity contribution in [2.75, 3.05) is 5.75 Å². The molecule has 0 radical (unpaired) electrons. The smallest absolute Gasteiger partial charge is 0.0174 e. The summed E-state index contributed by atoms with van der Waals surface area (Å²) in [4.78, 5) is 0. The molecule has 0 aliphatic heterocycles. The fourth-order valence-electron chi connectivity index (χ4n) is 1.66. The topological polar surface area (TPSA) is 0 Å². The molecule has 0 nitrogen and oxygen atoms in total. The maximum atomic E-state index is 5.39. The maximum absolute atomic E-state index is 5.39. The summed E-state index contributed by atoms with van der Waals surface area (Å²) in [5.74, 6) is 5.74. The second-order valence-corrected chi connectivity index (χ2v) is 4.41. The maximum Gasteiger partial charge on any atom is 0.0174 e. The Kier molecular flexibility index (Phi) is 7.28. The Morgan fingerprint density at radius 2 is 2.00 bits per heavy atom. The highest BCUT2D eigenvalue weighted by Crippen LogP contribution is 2.26. The van der Waals surface area contributed by atoms with Gasteiger partial charge in [0.05, 0.1) is 0 Å². The Hall–Kier alpha value is -0.0900. The van der Waals surface area contributed by atoms with E-state index in [-0.39, 0.29) is 0 Å². The number of rotatable bonds is 6. The molecule has 0 bridgehead atoms. The van der Waals surface area contributed by atoms with E-state index >= 15 is 0 Å². The van der Waals surface area contributed by atoms with E-state index in [0.717, 1.165) is 24.0 Å². The van der Waals surface area contributed by atoms with Gasteiger partial charge in [-0.05, 0) is 30.4 Å². The molecule has 13 heavy (non-hydrogen) atoms. The molecule has 76 valence electrons. The first kappa shape index (κ1) is 12.9. The lowest BCUT2D eigenvalue weighted by Gasteiger charge is -2.23. The molecule has 0 spiro atoms. The number of thiol groups is 1. The second kappa shape index (κ2) is 7.33. The molecule has 3 unspecified atom stereocenters. The van der Waals surface area contributed by atoms with Gasteiger partial charge < -0.3 is 0 Å². The van der Waals surface area contributed by atoms with Crippen molar-refractivity contribution < 1.29 is 0 Å². The zero-order chi connectivity index (χ0) is 10.3. The van der Waals surface area contributed by atoms with Crippen LogP contribution in [0.15, 0.2) is 0 Å². The summed E-state index contributed by atoms with van der Waals surface area (Å²) >= 11 is 4.29. The number of terminal acetylenes is 1. The molecule has 0 rings (SSSR count). The lowest BCUT2D eigenvalue weighted by Crippen LogP contribution is -2.14. The summed E-state index contributed by atoms with van der Waals surface area (Å²) in [6, 6.07) is 0. The molecule has 0 saturated heterocycles. The van der Waals surface area contributed by atoms with Crippen LogP contribution < -0.4 is 0 Å². The lowest BCUT2D eigenvalue weighted by molar-refractivity contribution is 0.299. The fourth-order valence-corrected chi connectivity index (χ4v) is 1.99. The normalized spacial score (nSPS) is 17.5. The van der Waals surface area contributed by atoms with Crippen LogP contribution in [-0.4, -0.2) is 5.75 Å². The molecule has 0 aliphatic rings. The number of hydrogen-bond donors (Lipinski definition) is 1. The highest BCUT2D eigenvalue weighted by molar-refractivity contribution is 7.80. The van der Waals surface area contributed by atoms with Crippen molar-refractivity contribution in [3.8, 4) is 12.3 Å². The van der Waals surface area contributed by atoms with Crippen molar-refractivity contribution in [2.24, 2.45) is 17.8 Å². The molecule has 0 saturated carbocycles. The van der Waals surface area contributed by atoms with Crippen LogP contribution in [0.4, 0.5) is 0 Å². The molecule has 0 fully saturated rings. The number of hydrogen-bond acceptors (Lipinski definition) is 1. The van der Waals surface area contributed by atoms with Gasteiger partial charge in [-0.3, -0.25) is 0 Å². The van der Waals surface area contributed by atoms with E-state index in [9.17, 15) is 0 Å². The molecule has 0 aromatic heterocycles. The van der Waals surface area contributed by atoms with Crippen molar-refractivity contribution in [1.82, 2.24) is 0 Å². The predicted molar refractivity (Wildman–Crippen MR) is 64.0 cm³/mol. The summed E-state index contributed by atoms with van der Waals surface area (Å²) in [7, 11) is 0. The van der Waals surface area contributed by atoms with Gasteiger partial charge in [-0.1, -0.05) is 27.2 Å². The standard InChI is InChI=1S/C12H22S/c1-5-10(3)9-12(7-8-13)11(4)6-2/h1,10-13H,6-9H2,2-4H3. The van der Waals surface area contributed by atoms with Gasteiger partial charge in [-0.2, -0.15) is 12.6 Å². The molecule has 0 amide bonds. The van der Waals surface area contributed by atoms with Gasteiger partial charge in [0.1, 0.15) is 0 Å². The highest BCUT2D eigenvalue weighted by atomic mass is 32.1. The van der Waals surface area contributed by atoms with Gasteiger partial charge in [-0.15, -0.1) is 12.3 Å². The summed E-state index contributed by atoms with van der Waals surface area (Å²) in [6.45, 7) is 6.70. The first-order valence-corrected chi connectivity index (χ1v) is 5.85. The predicted octanol–water partition coefficient (Wildman–Crippen LogP) is 3.63. The largest absolute Gasteiger partial charge is 0.179 e. The molecule has 0 aromatic rings. The van der Waals surface area contributed by atoms with Crippen LogP contribution in [0.25, 0.3) is 0 Å². The average molecular weight is 198 g/mol. The molecule has 0 heterocycles. The first-order valence-electron chi connectivity index (χ1n) is 5.22. The van der Waals surface area contributed by atoms with Crippen molar-refractivity contribution in [3.63, 3.8) is 0 Å². The third-order valence-corrected chi connectivity index (χ3v) is 3.15. The molecule has 0 aromatic carbocycles. The van der Waals surface area contributed by atoms with Crippen LogP contribution in [0, 0.1) is 30.1 Å². The van der Waals surface area contributed by atoms with Gasteiger partial charge in [0, 0.05) is 5.92 Å². The zero-order valence-corrected chi connectivity index (χ0v) is 9.98. The quantitative estimate of drug-likeness (QED) is 0.489. The minimum Gasteiger partial charge on any atom is -0.179 e. The van der Waals surface area contributed by atoms with Crippen LogP contribution in [-0.2, 0) is 0 Å². The minimum atomic E-state index is 0.416. The molecule has 3 atom stereocenters. The van der Waals surface area contributed by atoms with Gasteiger partial charge in [0.15, 0.2) is 0 Å². The van der Waals surface area contributed by atoms with Gasteiger partial charge in [0.2, 0.25) is 0 Å². The average Bonchev–Trinajstić information content (AvgIpc) is 2.15. The Bertz CT molecular complexity index is 157. The first-order chi connectivity index (χ1) is 6.15. The van der Waals surface area contributed by atoms with E-state index in [2.05, 4.69) is 39.3 Å². The lowest BCUT2D eigenvalue weighted by atomic mass is 9.83. The summed E-state index contributed by atoms with van der Waals surface area (Å²) in [5, 5.41) is 0. The molecule has 1 heteroatoms. The van der Waals surface area contributed by atoms with Crippen LogP contribution >= 0.6 is 12.6 Å². The van der Waals surface area contributed by atoms with E-state index in [4.69, 9.17) is 6.42 Å². The molecular formula is C12H22S. The van der Waals surface area contributed by atoms with Crippen LogP contribution in [0.1, 0.15) is 40.0 Å². The molecule has 0 N–H and O–H groups in total. The summed E-state index contributed by atoms with van der Waals surface area (Å²) in [6.07, 6.45) is 8.99. The monoisotopic (exact) mass is 198 g/mol. The van der Waals surface area contributed by atoms with E-state index in [1.165, 1.54) is 12.8 Å². The van der Waals surface area contributed by atoms with Crippen LogP contribution in [0.5, 0.6) is 0 Å².